The maximum Gasteiger partial charge on any atom is 0.262 e. The molecule has 0 radical (unpaired) electrons. The number of hydrogen-bond acceptors (Lipinski definition) is 9. The van der Waals surface area contributed by atoms with E-state index in [4.69, 9.17) is 0 Å². The van der Waals surface area contributed by atoms with Crippen molar-refractivity contribution in [3.8, 4) is 11.4 Å². The monoisotopic (exact) mass is 480 g/mol. The van der Waals surface area contributed by atoms with Crippen molar-refractivity contribution < 1.29 is 8.42 Å². The van der Waals surface area contributed by atoms with E-state index in [1.165, 1.54) is 34.8 Å². The third kappa shape index (κ3) is 4.15. The van der Waals surface area contributed by atoms with Gasteiger partial charge in [-0.2, -0.15) is 9.78 Å². The zero-order chi connectivity index (χ0) is 23.0. The van der Waals surface area contributed by atoms with Gasteiger partial charge >= 0.3 is 0 Å². The molecule has 5 aromatic rings. The van der Waals surface area contributed by atoms with Crippen LogP contribution in [0.25, 0.3) is 22.4 Å². The number of nitrogens with zero attached hydrogens (tertiary/aromatic N) is 7. The first-order valence-corrected chi connectivity index (χ1v) is 12.5. The predicted molar refractivity (Wildman–Crippen MR) is 121 cm³/mol. The second-order valence-corrected chi connectivity index (χ2v) is 10.0. The molecule has 13 heteroatoms. The lowest BCUT2D eigenvalue weighted by molar-refractivity contribution is 0.602. The van der Waals surface area contributed by atoms with Gasteiger partial charge in [0.1, 0.15) is 5.39 Å². The van der Waals surface area contributed by atoms with E-state index < -0.39 is 9.84 Å². The highest BCUT2D eigenvalue weighted by Gasteiger charge is 2.15. The molecule has 0 atom stereocenters. The molecule has 3 aromatic heterocycles. The molecule has 0 saturated heterocycles. The van der Waals surface area contributed by atoms with E-state index in [-0.39, 0.29) is 10.5 Å². The Morgan fingerprint density at radius 2 is 1.73 bits per heavy atom. The molecule has 5 rings (SSSR count). The smallest absolute Gasteiger partial charge is 0.262 e. The molecular formula is C20H16N8O3S2. The Hall–Kier alpha value is -3.84. The fourth-order valence-corrected chi connectivity index (χ4v) is 4.58. The first-order valence-electron chi connectivity index (χ1n) is 9.64. The van der Waals surface area contributed by atoms with Gasteiger partial charge in [-0.25, -0.2) is 18.1 Å². The number of aromatic amines is 1. The number of tetrazole rings is 1. The Bertz CT molecular complexity index is 1610. The van der Waals surface area contributed by atoms with Crippen LogP contribution >= 0.6 is 11.8 Å². The van der Waals surface area contributed by atoms with Gasteiger partial charge in [0.25, 0.3) is 5.56 Å². The lowest BCUT2D eigenvalue weighted by Gasteiger charge is -2.06. The first-order chi connectivity index (χ1) is 15.9. The van der Waals surface area contributed by atoms with Crippen LogP contribution in [0.1, 0.15) is 5.82 Å². The van der Waals surface area contributed by atoms with E-state index in [1.54, 1.807) is 16.8 Å². The summed E-state index contributed by atoms with van der Waals surface area (Å²) >= 11 is 1.26. The molecule has 0 unspecified atom stereocenters. The van der Waals surface area contributed by atoms with E-state index in [0.717, 1.165) is 11.9 Å². The summed E-state index contributed by atoms with van der Waals surface area (Å²) in [5.41, 5.74) is 1.56. The van der Waals surface area contributed by atoms with Crippen LogP contribution in [-0.4, -0.2) is 54.6 Å². The van der Waals surface area contributed by atoms with Gasteiger partial charge in [-0.15, -0.1) is 5.10 Å². The second-order valence-electron chi connectivity index (χ2n) is 7.06. The average molecular weight is 481 g/mol. The predicted octanol–water partition coefficient (Wildman–Crippen LogP) is 1.78. The van der Waals surface area contributed by atoms with Crippen molar-refractivity contribution in [2.24, 2.45) is 0 Å². The van der Waals surface area contributed by atoms with Gasteiger partial charge in [0.05, 0.1) is 28.2 Å². The molecule has 2 aromatic carbocycles. The van der Waals surface area contributed by atoms with Gasteiger partial charge in [0.2, 0.25) is 0 Å². The van der Waals surface area contributed by atoms with E-state index in [0.29, 0.717) is 33.5 Å². The number of nitrogens with one attached hydrogen (secondary N) is 1. The minimum Gasteiger partial charge on any atom is -0.301 e. The third-order valence-corrected chi connectivity index (χ3v) is 6.80. The summed E-state index contributed by atoms with van der Waals surface area (Å²) in [4.78, 5) is 20.1. The molecule has 3 heterocycles. The number of thioether (sulfide) groups is 1. The first kappa shape index (κ1) is 21.0. The Balaban J connectivity index is 1.42. The SMILES string of the molecule is CS(=O)(=O)c1ccc(-n2nnnc2CSc2nc3c(cnn3-c3ccccc3)c(=O)[nH]2)cc1. The number of sulfone groups is 1. The van der Waals surface area contributed by atoms with Crippen molar-refractivity contribution in [1.82, 2.24) is 40.0 Å². The number of para-hydroxylation sites is 1. The standard InChI is InChI=1S/C20H16N8O3S2/c1-33(30,31)15-9-7-14(8-10-15)27-17(24-25-26-27)12-32-20-22-18-16(19(29)23-20)11-21-28(18)13-5-3-2-4-6-13/h2-11H,12H2,1H3,(H,22,23,29). The summed E-state index contributed by atoms with van der Waals surface area (Å²) in [7, 11) is -3.30. The fraction of sp³-hybridized carbons (Fsp3) is 0.100. The highest BCUT2D eigenvalue weighted by molar-refractivity contribution is 7.98. The average Bonchev–Trinajstić information content (AvgIpc) is 3.45. The van der Waals surface area contributed by atoms with Crippen LogP contribution in [-0.2, 0) is 15.6 Å². The van der Waals surface area contributed by atoms with Crippen LogP contribution in [0.4, 0.5) is 0 Å². The van der Waals surface area contributed by atoms with Gasteiger partial charge < -0.3 is 4.98 Å². The molecule has 1 N–H and O–H groups in total. The normalized spacial score (nSPS) is 11.8. The number of benzene rings is 2. The molecule has 11 nitrogen and oxygen atoms in total. The van der Waals surface area contributed by atoms with Gasteiger partial charge in [-0.1, -0.05) is 30.0 Å². The molecule has 166 valence electrons. The van der Waals surface area contributed by atoms with Crippen molar-refractivity contribution in [2.45, 2.75) is 15.8 Å². The van der Waals surface area contributed by atoms with Gasteiger partial charge in [0, 0.05) is 6.26 Å². The van der Waals surface area contributed by atoms with Crippen molar-refractivity contribution >= 4 is 32.6 Å². The van der Waals surface area contributed by atoms with Crippen LogP contribution in [0.3, 0.4) is 0 Å². The molecule has 33 heavy (non-hydrogen) atoms. The Labute approximate surface area is 191 Å². The maximum atomic E-state index is 12.6. The maximum absolute atomic E-state index is 12.6. The van der Waals surface area contributed by atoms with Crippen molar-refractivity contribution in [3.63, 3.8) is 0 Å². The summed E-state index contributed by atoms with van der Waals surface area (Å²) in [5.74, 6) is 0.820. The lowest BCUT2D eigenvalue weighted by Crippen LogP contribution is -2.10. The molecule has 0 spiro atoms. The van der Waals surface area contributed by atoms with Gasteiger partial charge in [0.15, 0.2) is 26.5 Å². The summed E-state index contributed by atoms with van der Waals surface area (Å²) in [6.07, 6.45) is 2.64. The quantitative estimate of drug-likeness (QED) is 0.284. The summed E-state index contributed by atoms with van der Waals surface area (Å²) in [6, 6.07) is 15.7. The number of H-pyrrole nitrogens is 1. The second kappa shape index (κ2) is 8.26. The van der Waals surface area contributed by atoms with Crippen molar-refractivity contribution in [1.29, 1.82) is 0 Å². The minimum absolute atomic E-state index is 0.209. The molecule has 0 aliphatic heterocycles. The largest absolute Gasteiger partial charge is 0.301 e. The van der Waals surface area contributed by atoms with Crippen LogP contribution in [0.2, 0.25) is 0 Å². The molecule has 0 amide bonds. The van der Waals surface area contributed by atoms with Crippen molar-refractivity contribution in [3.05, 3.63) is 77.0 Å². The molecule has 0 fully saturated rings. The van der Waals surface area contributed by atoms with Gasteiger partial charge in [-0.05, 0) is 46.8 Å². The highest BCUT2D eigenvalue weighted by Crippen LogP contribution is 2.22. The summed E-state index contributed by atoms with van der Waals surface area (Å²) in [5, 5.41) is 16.8. The summed E-state index contributed by atoms with van der Waals surface area (Å²) in [6.45, 7) is 0. The number of fused-ring (bicyclic) bond motifs is 1. The molecule has 0 aliphatic rings. The van der Waals surface area contributed by atoms with E-state index in [9.17, 15) is 13.2 Å². The lowest BCUT2D eigenvalue weighted by atomic mass is 10.3. The van der Waals surface area contributed by atoms with E-state index in [1.807, 2.05) is 30.3 Å². The molecular weight excluding hydrogens is 464 g/mol. The number of aromatic nitrogens is 8. The van der Waals surface area contributed by atoms with Gasteiger partial charge in [-0.3, -0.25) is 4.79 Å². The van der Waals surface area contributed by atoms with Crippen LogP contribution < -0.4 is 5.56 Å². The number of hydrogen-bond donors (Lipinski definition) is 1. The van der Waals surface area contributed by atoms with Crippen LogP contribution in [0.5, 0.6) is 0 Å². The Morgan fingerprint density at radius 1 is 1.00 bits per heavy atom. The minimum atomic E-state index is -3.30. The fourth-order valence-electron chi connectivity index (χ4n) is 3.19. The van der Waals surface area contributed by atoms with Crippen LogP contribution in [0.15, 0.2) is 75.6 Å². The van der Waals surface area contributed by atoms with E-state index >= 15 is 0 Å². The Morgan fingerprint density at radius 3 is 2.45 bits per heavy atom. The molecule has 0 saturated carbocycles. The summed E-state index contributed by atoms with van der Waals surface area (Å²) < 4.78 is 26.5. The molecule has 0 aliphatic carbocycles. The van der Waals surface area contributed by atoms with E-state index in [2.05, 4.69) is 30.6 Å². The third-order valence-electron chi connectivity index (χ3n) is 4.80. The topological polar surface area (TPSA) is 141 Å². The van der Waals surface area contributed by atoms with Crippen molar-refractivity contribution in [2.75, 3.05) is 6.26 Å². The highest BCUT2D eigenvalue weighted by atomic mass is 32.2. The zero-order valence-electron chi connectivity index (χ0n) is 17.2. The molecule has 0 bridgehead atoms. The Kier molecular flexibility index (Phi) is 5.26. The number of rotatable bonds is 6. The zero-order valence-corrected chi connectivity index (χ0v) is 18.8. The van der Waals surface area contributed by atoms with Crippen LogP contribution in [0, 0.1) is 0 Å².